The van der Waals surface area contributed by atoms with E-state index >= 15 is 0 Å². The molecule has 12 heteroatoms. The van der Waals surface area contributed by atoms with Crippen molar-refractivity contribution in [3.63, 3.8) is 0 Å². The molecule has 0 fully saturated rings. The zero-order valence-electron chi connectivity index (χ0n) is 18.0. The fourth-order valence-electron chi connectivity index (χ4n) is 2.96. The zero-order valence-corrected chi connectivity index (χ0v) is 19.7. The molecule has 0 aliphatic carbocycles. The maximum absolute atomic E-state index is 12.8. The summed E-state index contributed by atoms with van der Waals surface area (Å²) in [6.07, 6.45) is 0. The van der Waals surface area contributed by atoms with Crippen molar-refractivity contribution < 1.29 is 27.7 Å². The summed E-state index contributed by atoms with van der Waals surface area (Å²) in [5.74, 6) is -1.20. The van der Waals surface area contributed by atoms with Gasteiger partial charge in [-0.05, 0) is 51.1 Å². The molecule has 0 saturated carbocycles. The van der Waals surface area contributed by atoms with Crippen molar-refractivity contribution in [2.24, 2.45) is 4.99 Å². The Morgan fingerprint density at radius 2 is 1.85 bits per heavy atom. The predicted octanol–water partition coefficient (Wildman–Crippen LogP) is 3.10. The minimum Gasteiger partial charge on any atom is -0.465 e. The SMILES string of the molecule is CCOC(=O)Cn1c(=NC(=O)c2ccc(S(=O)(=O)C(C)C)cc2)sc2cc([N+](=O)[O-])ccc21. The predicted molar refractivity (Wildman–Crippen MR) is 122 cm³/mol. The van der Waals surface area contributed by atoms with Crippen LogP contribution in [0.3, 0.4) is 0 Å². The van der Waals surface area contributed by atoms with Crippen LogP contribution < -0.4 is 4.80 Å². The Morgan fingerprint density at radius 3 is 2.42 bits per heavy atom. The minimum atomic E-state index is -3.48. The van der Waals surface area contributed by atoms with E-state index in [0.717, 1.165) is 11.3 Å². The summed E-state index contributed by atoms with van der Waals surface area (Å²) in [4.78, 5) is 39.8. The second-order valence-corrected chi connectivity index (χ2v) is 10.7. The second kappa shape index (κ2) is 9.63. The Hall–Kier alpha value is -3.38. The molecule has 0 unspecified atom stereocenters. The summed E-state index contributed by atoms with van der Waals surface area (Å²) in [5, 5.41) is 10.5. The first-order valence-corrected chi connectivity index (χ1v) is 12.3. The van der Waals surface area contributed by atoms with Gasteiger partial charge in [-0.1, -0.05) is 11.3 Å². The first-order chi connectivity index (χ1) is 15.5. The van der Waals surface area contributed by atoms with Crippen LogP contribution in [-0.2, 0) is 25.9 Å². The minimum absolute atomic E-state index is 0.0978. The Labute approximate surface area is 193 Å². The van der Waals surface area contributed by atoms with E-state index < -0.39 is 31.9 Å². The van der Waals surface area contributed by atoms with Gasteiger partial charge >= 0.3 is 5.97 Å². The third-order valence-corrected chi connectivity index (χ3v) is 7.93. The smallest absolute Gasteiger partial charge is 0.326 e. The summed E-state index contributed by atoms with van der Waals surface area (Å²) in [6, 6.07) is 9.56. The molecule has 1 amide bonds. The van der Waals surface area contributed by atoms with Gasteiger partial charge in [0.1, 0.15) is 6.54 Å². The molecular weight excluding hydrogens is 470 g/mol. The van der Waals surface area contributed by atoms with Gasteiger partial charge in [0.15, 0.2) is 14.6 Å². The van der Waals surface area contributed by atoms with E-state index in [4.69, 9.17) is 4.74 Å². The van der Waals surface area contributed by atoms with Crippen molar-refractivity contribution in [3.8, 4) is 0 Å². The number of benzene rings is 2. The molecule has 0 saturated heterocycles. The molecule has 3 rings (SSSR count). The summed E-state index contributed by atoms with van der Waals surface area (Å²) in [6.45, 7) is 4.73. The lowest BCUT2D eigenvalue weighted by molar-refractivity contribution is -0.384. The van der Waals surface area contributed by atoms with Crippen LogP contribution in [0.1, 0.15) is 31.1 Å². The maximum atomic E-state index is 12.8. The highest BCUT2D eigenvalue weighted by molar-refractivity contribution is 7.92. The Morgan fingerprint density at radius 1 is 1.18 bits per heavy atom. The largest absolute Gasteiger partial charge is 0.465 e. The number of rotatable bonds is 7. The van der Waals surface area contributed by atoms with E-state index in [1.807, 2.05) is 0 Å². The highest BCUT2D eigenvalue weighted by Gasteiger charge is 2.20. The van der Waals surface area contributed by atoms with Crippen molar-refractivity contribution in [2.45, 2.75) is 37.5 Å². The molecule has 3 aromatic rings. The van der Waals surface area contributed by atoms with Crippen LogP contribution in [-0.4, -0.2) is 41.6 Å². The van der Waals surface area contributed by atoms with Crippen LogP contribution in [0.5, 0.6) is 0 Å². The van der Waals surface area contributed by atoms with E-state index in [1.54, 1.807) is 20.8 Å². The molecule has 0 aliphatic rings. The number of aromatic nitrogens is 1. The number of esters is 1. The topological polar surface area (TPSA) is 138 Å². The van der Waals surface area contributed by atoms with Crippen LogP contribution in [0, 0.1) is 10.1 Å². The number of amides is 1. The number of sulfone groups is 1. The molecule has 10 nitrogen and oxygen atoms in total. The normalized spacial score (nSPS) is 12.3. The third-order valence-electron chi connectivity index (χ3n) is 4.72. The van der Waals surface area contributed by atoms with Gasteiger partial charge in [-0.2, -0.15) is 4.99 Å². The summed E-state index contributed by atoms with van der Waals surface area (Å²) >= 11 is 1.02. The van der Waals surface area contributed by atoms with E-state index in [2.05, 4.69) is 4.99 Å². The number of fused-ring (bicyclic) bond motifs is 1. The number of carbonyl (C=O) groups excluding carboxylic acids is 2. The standard InChI is InChI=1S/C21H21N3O7S2/c1-4-31-19(25)12-23-17-10-7-15(24(27)28)11-18(17)32-21(23)22-20(26)14-5-8-16(9-6-14)33(29,30)13(2)3/h5-11,13H,4,12H2,1-3H3. The van der Waals surface area contributed by atoms with Crippen LogP contribution in [0.2, 0.25) is 0 Å². The number of non-ortho nitro benzene ring substituents is 1. The van der Waals surface area contributed by atoms with Crippen molar-refractivity contribution >= 4 is 49.0 Å². The van der Waals surface area contributed by atoms with Crippen molar-refractivity contribution in [1.29, 1.82) is 0 Å². The monoisotopic (exact) mass is 491 g/mol. The second-order valence-electron chi connectivity index (χ2n) is 7.22. The van der Waals surface area contributed by atoms with Crippen LogP contribution in [0.4, 0.5) is 5.69 Å². The number of nitro benzene ring substituents is 1. The number of ether oxygens (including phenoxy) is 1. The molecule has 0 N–H and O–H groups in total. The molecule has 1 heterocycles. The number of hydrogen-bond acceptors (Lipinski definition) is 8. The molecular formula is C21H21N3O7S2. The molecule has 2 aromatic carbocycles. The Balaban J connectivity index is 2.07. The van der Waals surface area contributed by atoms with Crippen LogP contribution >= 0.6 is 11.3 Å². The highest BCUT2D eigenvalue weighted by atomic mass is 32.2. The van der Waals surface area contributed by atoms with E-state index in [1.165, 1.54) is 47.0 Å². The lowest BCUT2D eigenvalue weighted by Gasteiger charge is -2.07. The van der Waals surface area contributed by atoms with Gasteiger partial charge in [0, 0.05) is 17.7 Å². The number of hydrogen-bond donors (Lipinski definition) is 0. The van der Waals surface area contributed by atoms with Gasteiger partial charge in [-0.3, -0.25) is 19.7 Å². The zero-order chi connectivity index (χ0) is 24.3. The van der Waals surface area contributed by atoms with Gasteiger partial charge in [-0.25, -0.2) is 8.42 Å². The lowest BCUT2D eigenvalue weighted by atomic mass is 10.2. The molecule has 0 spiro atoms. The molecule has 0 bridgehead atoms. The first-order valence-electron chi connectivity index (χ1n) is 9.91. The van der Waals surface area contributed by atoms with Gasteiger partial charge in [-0.15, -0.1) is 0 Å². The van der Waals surface area contributed by atoms with Crippen LogP contribution in [0.15, 0.2) is 52.4 Å². The van der Waals surface area contributed by atoms with Crippen LogP contribution in [0.25, 0.3) is 10.2 Å². The van der Waals surface area contributed by atoms with Crippen molar-refractivity contribution in [3.05, 3.63) is 62.9 Å². The quantitative estimate of drug-likeness (QED) is 0.281. The van der Waals surface area contributed by atoms with E-state index in [0.29, 0.717) is 10.2 Å². The Bertz CT molecular complexity index is 1400. The first kappa shape index (κ1) is 24.3. The number of carbonyl (C=O) groups is 2. The molecule has 0 atom stereocenters. The van der Waals surface area contributed by atoms with E-state index in [9.17, 15) is 28.1 Å². The van der Waals surface area contributed by atoms with E-state index in [-0.39, 0.29) is 34.1 Å². The average Bonchev–Trinajstić information content (AvgIpc) is 3.09. The molecule has 1 aromatic heterocycles. The van der Waals surface area contributed by atoms with Gasteiger partial charge < -0.3 is 9.30 Å². The summed E-state index contributed by atoms with van der Waals surface area (Å²) < 4.78 is 31.5. The molecule has 0 radical (unpaired) electrons. The lowest BCUT2D eigenvalue weighted by Crippen LogP contribution is -2.23. The summed E-state index contributed by atoms with van der Waals surface area (Å²) in [7, 11) is -3.48. The highest BCUT2D eigenvalue weighted by Crippen LogP contribution is 2.23. The van der Waals surface area contributed by atoms with Gasteiger partial charge in [0.2, 0.25) is 0 Å². The maximum Gasteiger partial charge on any atom is 0.326 e. The average molecular weight is 492 g/mol. The molecule has 174 valence electrons. The summed E-state index contributed by atoms with van der Waals surface area (Å²) in [5.41, 5.74) is 0.513. The molecule has 0 aliphatic heterocycles. The third kappa shape index (κ3) is 5.17. The number of nitrogens with zero attached hydrogens (tertiary/aromatic N) is 3. The Kier molecular flexibility index (Phi) is 7.08. The molecule has 33 heavy (non-hydrogen) atoms. The van der Waals surface area contributed by atoms with Crippen molar-refractivity contribution in [1.82, 2.24) is 4.57 Å². The van der Waals surface area contributed by atoms with Gasteiger partial charge in [0.05, 0.1) is 31.9 Å². The fraction of sp³-hybridized carbons (Fsp3) is 0.286. The van der Waals surface area contributed by atoms with Crippen molar-refractivity contribution in [2.75, 3.05) is 6.61 Å². The van der Waals surface area contributed by atoms with Gasteiger partial charge in [0.25, 0.3) is 11.6 Å². The fourth-order valence-corrected chi connectivity index (χ4v) is 5.08. The number of nitro groups is 1. The number of thiazole rings is 1.